The number of anilines is 1. The first kappa shape index (κ1) is 23.5. The van der Waals surface area contributed by atoms with E-state index in [0.29, 0.717) is 42.8 Å². The highest BCUT2D eigenvalue weighted by molar-refractivity contribution is 6.00. The number of pyridine rings is 1. The Balaban J connectivity index is 1.33. The third kappa shape index (κ3) is 3.99. The highest BCUT2D eigenvalue weighted by Crippen LogP contribution is 2.35. The van der Waals surface area contributed by atoms with Crippen LogP contribution in [0.3, 0.4) is 0 Å². The zero-order valence-electron chi connectivity index (χ0n) is 21.0. The molecule has 38 heavy (non-hydrogen) atoms. The van der Waals surface area contributed by atoms with Crippen molar-refractivity contribution in [2.24, 2.45) is 7.05 Å². The van der Waals surface area contributed by atoms with Gasteiger partial charge in [0, 0.05) is 61.3 Å². The molecule has 5 aromatic heterocycles. The SMILES string of the molecule is CC(=O)c1c(C2CCN(C(=O)c3ncn[nH]3)CC2)nc2c(-c3ccc(-c4ccn(C)c4)nc3)cnn2c1N. The Morgan fingerprint density at radius 2 is 1.89 bits per heavy atom. The molecule has 1 aliphatic rings. The largest absolute Gasteiger partial charge is 0.383 e. The molecule has 0 unspecified atom stereocenters. The number of aromatic amines is 1. The molecule has 1 fully saturated rings. The first-order chi connectivity index (χ1) is 18.4. The van der Waals surface area contributed by atoms with Gasteiger partial charge in [0.25, 0.3) is 5.91 Å². The number of Topliss-reactive ketones (excluding diaryl/α,β-unsaturated/α-hetero) is 1. The lowest BCUT2D eigenvalue weighted by Crippen LogP contribution is -2.39. The number of H-pyrrole nitrogens is 1. The predicted octanol–water partition coefficient (Wildman–Crippen LogP) is 2.72. The molecule has 192 valence electrons. The summed E-state index contributed by atoms with van der Waals surface area (Å²) < 4.78 is 3.49. The molecule has 0 atom stereocenters. The third-order valence-electron chi connectivity index (χ3n) is 7.05. The number of hydrogen-bond acceptors (Lipinski definition) is 8. The van der Waals surface area contributed by atoms with Gasteiger partial charge < -0.3 is 15.2 Å². The molecule has 0 aromatic carbocycles. The number of nitrogen functional groups attached to an aromatic ring is 1. The Morgan fingerprint density at radius 3 is 2.53 bits per heavy atom. The number of fused-ring (bicyclic) bond motifs is 1. The molecule has 0 spiro atoms. The Kier molecular flexibility index (Phi) is 5.70. The van der Waals surface area contributed by atoms with E-state index < -0.39 is 0 Å². The van der Waals surface area contributed by atoms with Crippen LogP contribution in [0, 0.1) is 0 Å². The summed E-state index contributed by atoms with van der Waals surface area (Å²) in [7, 11) is 1.97. The van der Waals surface area contributed by atoms with Gasteiger partial charge in [-0.05, 0) is 31.9 Å². The minimum absolute atomic E-state index is 0.0405. The molecule has 1 amide bonds. The fourth-order valence-corrected chi connectivity index (χ4v) is 5.09. The number of rotatable bonds is 5. The van der Waals surface area contributed by atoms with Gasteiger partial charge in [-0.1, -0.05) is 6.07 Å². The van der Waals surface area contributed by atoms with Crippen molar-refractivity contribution in [3.8, 4) is 22.4 Å². The summed E-state index contributed by atoms with van der Waals surface area (Å²) in [5, 5.41) is 10.8. The van der Waals surface area contributed by atoms with Gasteiger partial charge in [-0.3, -0.25) is 19.7 Å². The second kappa shape index (κ2) is 9.21. The zero-order valence-corrected chi connectivity index (χ0v) is 21.0. The molecule has 0 saturated carbocycles. The van der Waals surface area contributed by atoms with E-state index in [1.165, 1.54) is 17.8 Å². The van der Waals surface area contributed by atoms with Crippen LogP contribution in [0.1, 0.15) is 52.4 Å². The zero-order chi connectivity index (χ0) is 26.4. The van der Waals surface area contributed by atoms with E-state index in [1.54, 1.807) is 17.3 Å². The average molecular weight is 511 g/mol. The van der Waals surface area contributed by atoms with Crippen LogP contribution in [0.4, 0.5) is 5.82 Å². The normalized spacial score (nSPS) is 14.3. The number of amides is 1. The monoisotopic (exact) mass is 510 g/mol. The number of hydrogen-bond donors (Lipinski definition) is 2. The number of aromatic nitrogens is 8. The van der Waals surface area contributed by atoms with Crippen molar-refractivity contribution < 1.29 is 9.59 Å². The van der Waals surface area contributed by atoms with Crippen LogP contribution in [0.15, 0.2) is 49.3 Å². The van der Waals surface area contributed by atoms with E-state index >= 15 is 0 Å². The smallest absolute Gasteiger partial charge is 0.291 e. The fraction of sp³-hybridized carbons (Fsp3) is 0.269. The number of nitrogens with zero attached hydrogens (tertiary/aromatic N) is 8. The van der Waals surface area contributed by atoms with Crippen molar-refractivity contribution in [2.45, 2.75) is 25.7 Å². The Hall–Kier alpha value is -4.87. The summed E-state index contributed by atoms with van der Waals surface area (Å²) in [6, 6.07) is 5.96. The minimum atomic E-state index is -0.194. The summed E-state index contributed by atoms with van der Waals surface area (Å²) in [5.74, 6) is 0.0738. The van der Waals surface area contributed by atoms with Gasteiger partial charge in [-0.25, -0.2) is 9.97 Å². The highest BCUT2D eigenvalue weighted by atomic mass is 16.2. The number of piperidine rings is 1. The Labute approximate surface area is 217 Å². The molecule has 1 saturated heterocycles. The highest BCUT2D eigenvalue weighted by Gasteiger charge is 2.31. The lowest BCUT2D eigenvalue weighted by atomic mass is 9.89. The van der Waals surface area contributed by atoms with Gasteiger partial charge in [-0.2, -0.15) is 14.7 Å². The van der Waals surface area contributed by atoms with Crippen molar-refractivity contribution in [3.05, 3.63) is 66.4 Å². The summed E-state index contributed by atoms with van der Waals surface area (Å²) in [5.41, 5.74) is 11.6. The van der Waals surface area contributed by atoms with Crippen LogP contribution in [-0.2, 0) is 7.05 Å². The van der Waals surface area contributed by atoms with Crippen LogP contribution in [0.25, 0.3) is 28.0 Å². The molecule has 0 bridgehead atoms. The van der Waals surface area contributed by atoms with Crippen molar-refractivity contribution in [1.82, 2.24) is 44.2 Å². The summed E-state index contributed by atoms with van der Waals surface area (Å²) >= 11 is 0. The van der Waals surface area contributed by atoms with E-state index in [-0.39, 0.29) is 29.3 Å². The van der Waals surface area contributed by atoms with E-state index in [1.807, 2.05) is 42.2 Å². The van der Waals surface area contributed by atoms with Gasteiger partial charge >= 0.3 is 0 Å². The number of carbonyl (C=O) groups excluding carboxylic acids is 2. The molecule has 5 aromatic rings. The van der Waals surface area contributed by atoms with E-state index in [2.05, 4.69) is 25.3 Å². The molecular weight excluding hydrogens is 484 g/mol. The third-order valence-corrected chi connectivity index (χ3v) is 7.05. The number of nitrogens with one attached hydrogen (secondary N) is 1. The fourth-order valence-electron chi connectivity index (χ4n) is 5.09. The molecule has 12 nitrogen and oxygen atoms in total. The Bertz CT molecular complexity index is 1640. The molecule has 0 radical (unpaired) electrons. The molecule has 12 heteroatoms. The van der Waals surface area contributed by atoms with E-state index in [0.717, 1.165) is 22.4 Å². The van der Waals surface area contributed by atoms with Crippen LogP contribution < -0.4 is 5.73 Å². The van der Waals surface area contributed by atoms with Crippen molar-refractivity contribution >= 4 is 23.2 Å². The van der Waals surface area contributed by atoms with Crippen LogP contribution in [0.2, 0.25) is 0 Å². The second-order valence-corrected chi connectivity index (χ2v) is 9.51. The average Bonchev–Trinajstić information content (AvgIpc) is 3.69. The number of carbonyl (C=O) groups is 2. The molecule has 0 aliphatic carbocycles. The number of ketones is 1. The van der Waals surface area contributed by atoms with Gasteiger partial charge in [-0.15, -0.1) is 0 Å². The minimum Gasteiger partial charge on any atom is -0.383 e. The first-order valence-corrected chi connectivity index (χ1v) is 12.3. The molecule has 6 heterocycles. The van der Waals surface area contributed by atoms with E-state index in [4.69, 9.17) is 10.7 Å². The topological polar surface area (TPSA) is 153 Å². The first-order valence-electron chi connectivity index (χ1n) is 12.3. The summed E-state index contributed by atoms with van der Waals surface area (Å²) in [6.07, 6.45) is 10.1. The number of aryl methyl sites for hydroxylation is 1. The molecule has 1 aliphatic heterocycles. The molecule has 3 N–H and O–H groups in total. The predicted molar refractivity (Wildman–Crippen MR) is 139 cm³/mol. The van der Waals surface area contributed by atoms with Crippen molar-refractivity contribution in [3.63, 3.8) is 0 Å². The van der Waals surface area contributed by atoms with Crippen molar-refractivity contribution in [1.29, 1.82) is 0 Å². The number of nitrogens with two attached hydrogens (primary N) is 1. The maximum atomic E-state index is 12.7. The van der Waals surface area contributed by atoms with Gasteiger partial charge in [0.05, 0.1) is 23.1 Å². The Morgan fingerprint density at radius 1 is 1.08 bits per heavy atom. The van der Waals surface area contributed by atoms with Gasteiger partial charge in [0.1, 0.15) is 12.1 Å². The second-order valence-electron chi connectivity index (χ2n) is 9.51. The lowest BCUT2D eigenvalue weighted by Gasteiger charge is -2.32. The molecule has 6 rings (SSSR count). The lowest BCUT2D eigenvalue weighted by molar-refractivity contribution is 0.0699. The van der Waals surface area contributed by atoms with Gasteiger partial charge in [0.15, 0.2) is 11.4 Å². The molecular formula is C26H26N10O2. The van der Waals surface area contributed by atoms with E-state index in [9.17, 15) is 9.59 Å². The summed E-state index contributed by atoms with van der Waals surface area (Å²) in [4.78, 5) is 40.7. The van der Waals surface area contributed by atoms with Crippen molar-refractivity contribution in [2.75, 3.05) is 18.8 Å². The standard InChI is InChI=1S/C26H26N10O2/c1-15(37)21-22(16-6-9-35(10-7-16)26(38)24-29-14-30-33-24)32-25-19(12-31-36(25)23(21)27)17-3-4-20(28-11-17)18-5-8-34(2)13-18/h3-5,8,11-14,16H,6-7,9-10,27H2,1-2H3,(H,29,30,33). The van der Waals surface area contributed by atoms with Gasteiger partial charge in [0.2, 0.25) is 5.82 Å². The van der Waals surface area contributed by atoms with Crippen LogP contribution in [0.5, 0.6) is 0 Å². The van der Waals surface area contributed by atoms with Crippen LogP contribution >= 0.6 is 0 Å². The number of likely N-dealkylation sites (tertiary alicyclic amines) is 1. The quantitative estimate of drug-likeness (QED) is 0.342. The summed E-state index contributed by atoms with van der Waals surface area (Å²) in [6.45, 7) is 2.50. The maximum absolute atomic E-state index is 12.7. The maximum Gasteiger partial charge on any atom is 0.291 e. The van der Waals surface area contributed by atoms with Crippen LogP contribution in [-0.4, -0.2) is 69.0 Å².